The summed E-state index contributed by atoms with van der Waals surface area (Å²) < 4.78 is 31.9. The molecule has 0 aliphatic heterocycles. The van der Waals surface area contributed by atoms with Crippen molar-refractivity contribution < 1.29 is 13.2 Å². The number of thiazole rings is 1. The van der Waals surface area contributed by atoms with Gasteiger partial charge in [0, 0.05) is 13.2 Å². The van der Waals surface area contributed by atoms with Crippen LogP contribution in [0.15, 0.2) is 10.4 Å². The van der Waals surface area contributed by atoms with Crippen molar-refractivity contribution in [2.45, 2.75) is 24.1 Å². The Labute approximate surface area is 110 Å². The molecule has 0 aliphatic rings. The topological polar surface area (TPSA) is 68.3 Å². The van der Waals surface area contributed by atoms with Crippen LogP contribution >= 0.6 is 22.9 Å². The molecule has 1 atom stereocenters. The number of methoxy groups -OCH3 is 1. The van der Waals surface area contributed by atoms with Gasteiger partial charge in [-0.15, -0.1) is 0 Å². The lowest BCUT2D eigenvalue weighted by Gasteiger charge is -2.20. The van der Waals surface area contributed by atoms with Gasteiger partial charge in [0.1, 0.15) is 0 Å². The molecule has 0 aromatic carbocycles. The van der Waals surface area contributed by atoms with E-state index in [0.717, 1.165) is 11.3 Å². The second-order valence-electron chi connectivity index (χ2n) is 3.86. The standard InChI is InChI=1S/C9H15ClN2O3S2/c1-6(2)7(5-15-3)12-17(13,14)8-4-11-9(10)16-8/h4,6-7,12H,5H2,1-3H3. The van der Waals surface area contributed by atoms with Crippen LogP contribution in [-0.4, -0.2) is 33.2 Å². The monoisotopic (exact) mass is 298 g/mol. The number of hydrogen-bond donors (Lipinski definition) is 1. The zero-order valence-electron chi connectivity index (χ0n) is 9.81. The number of nitrogens with zero attached hydrogens (tertiary/aromatic N) is 1. The third-order valence-electron chi connectivity index (χ3n) is 2.18. The zero-order chi connectivity index (χ0) is 13.1. The van der Waals surface area contributed by atoms with Gasteiger partial charge in [0.15, 0.2) is 8.68 Å². The molecule has 1 N–H and O–H groups in total. The van der Waals surface area contributed by atoms with Crippen LogP contribution in [0.5, 0.6) is 0 Å². The van der Waals surface area contributed by atoms with Gasteiger partial charge >= 0.3 is 0 Å². The van der Waals surface area contributed by atoms with E-state index in [2.05, 4.69) is 9.71 Å². The maximum absolute atomic E-state index is 12.0. The Morgan fingerprint density at radius 3 is 2.65 bits per heavy atom. The van der Waals surface area contributed by atoms with E-state index in [1.165, 1.54) is 13.3 Å². The minimum Gasteiger partial charge on any atom is -0.383 e. The highest BCUT2D eigenvalue weighted by Gasteiger charge is 2.24. The number of sulfonamides is 1. The average molecular weight is 299 g/mol. The molecule has 17 heavy (non-hydrogen) atoms. The fourth-order valence-corrected chi connectivity index (χ4v) is 3.84. The Morgan fingerprint density at radius 2 is 2.24 bits per heavy atom. The molecule has 0 saturated carbocycles. The third-order valence-corrected chi connectivity index (χ3v) is 5.24. The first-order chi connectivity index (χ1) is 7.86. The first-order valence-electron chi connectivity index (χ1n) is 4.99. The predicted octanol–water partition coefficient (Wildman–Crippen LogP) is 1.75. The zero-order valence-corrected chi connectivity index (χ0v) is 12.2. The number of halogens is 1. The van der Waals surface area contributed by atoms with Gasteiger partial charge in [-0.1, -0.05) is 36.8 Å². The summed E-state index contributed by atoms with van der Waals surface area (Å²) in [6.07, 6.45) is 1.25. The molecule has 1 rings (SSSR count). The molecular weight excluding hydrogens is 284 g/mol. The summed E-state index contributed by atoms with van der Waals surface area (Å²) in [5.74, 6) is 0.133. The van der Waals surface area contributed by atoms with Gasteiger partial charge in [0.25, 0.3) is 10.0 Å². The van der Waals surface area contributed by atoms with E-state index < -0.39 is 10.0 Å². The smallest absolute Gasteiger partial charge is 0.252 e. The molecule has 5 nitrogen and oxygen atoms in total. The van der Waals surface area contributed by atoms with E-state index in [4.69, 9.17) is 16.3 Å². The lowest BCUT2D eigenvalue weighted by molar-refractivity contribution is 0.157. The Kier molecular flexibility index (Phi) is 5.33. The van der Waals surface area contributed by atoms with Gasteiger partial charge in [-0.2, -0.15) is 0 Å². The number of hydrogen-bond acceptors (Lipinski definition) is 5. The van der Waals surface area contributed by atoms with Gasteiger partial charge in [-0.3, -0.25) is 0 Å². The molecule has 0 bridgehead atoms. The second kappa shape index (κ2) is 6.10. The van der Waals surface area contributed by atoms with E-state index in [1.54, 1.807) is 0 Å². The lowest BCUT2D eigenvalue weighted by atomic mass is 10.1. The minimum atomic E-state index is -3.56. The highest BCUT2D eigenvalue weighted by molar-refractivity contribution is 7.91. The molecule has 0 fully saturated rings. The highest BCUT2D eigenvalue weighted by Crippen LogP contribution is 2.22. The molecule has 1 aromatic rings. The summed E-state index contributed by atoms with van der Waals surface area (Å²) in [5.41, 5.74) is 0. The van der Waals surface area contributed by atoms with Crippen LogP contribution in [-0.2, 0) is 14.8 Å². The van der Waals surface area contributed by atoms with Gasteiger partial charge in [-0.05, 0) is 5.92 Å². The highest BCUT2D eigenvalue weighted by atomic mass is 35.5. The van der Waals surface area contributed by atoms with E-state index in [-0.39, 0.29) is 20.6 Å². The molecule has 0 radical (unpaired) electrons. The summed E-state index contributed by atoms with van der Waals surface area (Å²) in [5, 5.41) is 0. The van der Waals surface area contributed by atoms with E-state index in [9.17, 15) is 8.42 Å². The molecule has 1 heterocycles. The van der Waals surface area contributed by atoms with Crippen LogP contribution in [0.25, 0.3) is 0 Å². The Morgan fingerprint density at radius 1 is 1.59 bits per heavy atom. The Hall–Kier alpha value is -0.210. The van der Waals surface area contributed by atoms with Crippen molar-refractivity contribution in [2.24, 2.45) is 5.92 Å². The number of aromatic nitrogens is 1. The van der Waals surface area contributed by atoms with Crippen molar-refractivity contribution in [3.8, 4) is 0 Å². The fraction of sp³-hybridized carbons (Fsp3) is 0.667. The number of ether oxygens (including phenoxy) is 1. The van der Waals surface area contributed by atoms with Gasteiger partial charge in [-0.25, -0.2) is 18.1 Å². The minimum absolute atomic E-state index is 0.115. The molecule has 1 aromatic heterocycles. The van der Waals surface area contributed by atoms with Crippen molar-refractivity contribution in [1.29, 1.82) is 0 Å². The van der Waals surface area contributed by atoms with Crippen LogP contribution in [0.3, 0.4) is 0 Å². The van der Waals surface area contributed by atoms with E-state index >= 15 is 0 Å². The Bertz CT molecular complexity index is 459. The van der Waals surface area contributed by atoms with Crippen LogP contribution in [0, 0.1) is 5.92 Å². The molecule has 0 saturated heterocycles. The van der Waals surface area contributed by atoms with Gasteiger partial charge in [0.2, 0.25) is 0 Å². The SMILES string of the molecule is COCC(NS(=O)(=O)c1cnc(Cl)s1)C(C)C. The van der Waals surface area contributed by atoms with Crippen LogP contribution in [0.2, 0.25) is 4.47 Å². The number of nitrogens with one attached hydrogen (secondary N) is 1. The summed E-state index contributed by atoms with van der Waals surface area (Å²) in [6, 6.07) is -0.272. The van der Waals surface area contributed by atoms with Crippen molar-refractivity contribution in [2.75, 3.05) is 13.7 Å². The first-order valence-corrected chi connectivity index (χ1v) is 7.67. The largest absolute Gasteiger partial charge is 0.383 e. The molecule has 0 spiro atoms. The van der Waals surface area contributed by atoms with Crippen LogP contribution < -0.4 is 4.72 Å². The number of rotatable bonds is 6. The summed E-state index contributed by atoms with van der Waals surface area (Å²) in [4.78, 5) is 3.71. The molecule has 8 heteroatoms. The summed E-state index contributed by atoms with van der Waals surface area (Å²) in [6.45, 7) is 4.17. The average Bonchev–Trinajstić information content (AvgIpc) is 2.64. The molecule has 1 unspecified atom stereocenters. The second-order valence-corrected chi connectivity index (χ2v) is 7.41. The first kappa shape index (κ1) is 14.8. The maximum Gasteiger partial charge on any atom is 0.252 e. The molecule has 0 aliphatic carbocycles. The predicted molar refractivity (Wildman–Crippen MR) is 67.9 cm³/mol. The van der Waals surface area contributed by atoms with Crippen molar-refractivity contribution in [3.63, 3.8) is 0 Å². The third kappa shape index (κ3) is 4.18. The van der Waals surface area contributed by atoms with Crippen molar-refractivity contribution >= 4 is 33.0 Å². The normalized spacial score (nSPS) is 14.2. The lowest BCUT2D eigenvalue weighted by Crippen LogP contribution is -2.41. The summed E-state index contributed by atoms with van der Waals surface area (Å²) in [7, 11) is -2.03. The molecular formula is C9H15ClN2O3S2. The Balaban J connectivity index is 2.84. The van der Waals surface area contributed by atoms with E-state index in [0.29, 0.717) is 6.61 Å². The van der Waals surface area contributed by atoms with Gasteiger partial charge in [0.05, 0.1) is 12.8 Å². The molecule has 98 valence electrons. The van der Waals surface area contributed by atoms with E-state index in [1.807, 2.05) is 13.8 Å². The summed E-state index contributed by atoms with van der Waals surface area (Å²) >= 11 is 6.55. The van der Waals surface area contributed by atoms with Crippen molar-refractivity contribution in [3.05, 3.63) is 10.7 Å². The quantitative estimate of drug-likeness (QED) is 0.869. The van der Waals surface area contributed by atoms with Crippen LogP contribution in [0.1, 0.15) is 13.8 Å². The fourth-order valence-electron chi connectivity index (χ4n) is 1.16. The van der Waals surface area contributed by atoms with Crippen LogP contribution in [0.4, 0.5) is 0 Å². The molecule has 0 amide bonds. The van der Waals surface area contributed by atoms with Gasteiger partial charge < -0.3 is 4.74 Å². The maximum atomic E-state index is 12.0. The van der Waals surface area contributed by atoms with Crippen molar-refractivity contribution in [1.82, 2.24) is 9.71 Å².